The molecule has 1 aliphatic carbocycles. The molecule has 0 heterocycles. The van der Waals surface area contributed by atoms with Gasteiger partial charge in [0.25, 0.3) is 0 Å². The fraction of sp³-hybridized carbons (Fsp3) is 0.520. The van der Waals surface area contributed by atoms with Crippen LogP contribution >= 0.6 is 17.0 Å². The van der Waals surface area contributed by atoms with Crippen LogP contribution in [-0.4, -0.2) is 24.2 Å². The number of fused-ring (bicyclic) bond motifs is 3. The van der Waals surface area contributed by atoms with Crippen LogP contribution in [0.2, 0.25) is 0 Å². The zero-order valence-electron chi connectivity index (χ0n) is 19.6. The zero-order valence-corrected chi connectivity index (χ0v) is 23.5. The monoisotopic (exact) mass is 523 g/mol. The summed E-state index contributed by atoms with van der Waals surface area (Å²) in [5.74, 6) is 0. The van der Waals surface area contributed by atoms with E-state index in [-0.39, 0.29) is 0 Å². The number of rotatable bonds is 6. The van der Waals surface area contributed by atoms with Gasteiger partial charge in [-0.25, -0.2) is 0 Å². The van der Waals surface area contributed by atoms with Gasteiger partial charge in [-0.3, -0.25) is 0 Å². The fourth-order valence-electron chi connectivity index (χ4n) is 4.75. The number of benzene rings is 2. The van der Waals surface area contributed by atoms with Gasteiger partial charge in [-0.15, -0.1) is 17.2 Å². The predicted octanol–water partition coefficient (Wildman–Crippen LogP) is 7.68. The SMILES string of the molecule is CC(C)N(c1[c-]c2c(cc1)-c1ccc(N(C(C)C)C(C)C)cc1C2)C(C)C.[Cl][Zr][Cl]. The minimum atomic E-state index is -0.826. The summed E-state index contributed by atoms with van der Waals surface area (Å²) in [5, 5.41) is 0. The summed E-state index contributed by atoms with van der Waals surface area (Å²) in [4.78, 5) is 4.95. The summed E-state index contributed by atoms with van der Waals surface area (Å²) in [6, 6.07) is 17.2. The van der Waals surface area contributed by atoms with E-state index < -0.39 is 20.8 Å². The average Bonchev–Trinajstić information content (AvgIpc) is 2.98. The quantitative estimate of drug-likeness (QED) is 0.305. The van der Waals surface area contributed by atoms with Crippen molar-refractivity contribution in [2.75, 3.05) is 9.80 Å². The maximum absolute atomic E-state index is 4.93. The second kappa shape index (κ2) is 11.4. The molecule has 0 aliphatic heterocycles. The van der Waals surface area contributed by atoms with E-state index in [4.69, 9.17) is 17.0 Å². The molecule has 5 heteroatoms. The second-order valence-corrected chi connectivity index (χ2v) is 12.7. The Balaban J connectivity index is 0.00000101. The molecule has 2 aromatic rings. The van der Waals surface area contributed by atoms with Crippen molar-refractivity contribution in [3.8, 4) is 11.1 Å². The Morgan fingerprint density at radius 2 is 1.27 bits per heavy atom. The van der Waals surface area contributed by atoms with Gasteiger partial charge in [0.1, 0.15) is 0 Å². The molecule has 30 heavy (non-hydrogen) atoms. The molecule has 2 aromatic carbocycles. The van der Waals surface area contributed by atoms with E-state index in [1.54, 1.807) is 0 Å². The van der Waals surface area contributed by atoms with Crippen LogP contribution in [0, 0.1) is 6.07 Å². The number of nitrogens with zero attached hydrogens (tertiary/aromatic N) is 2. The molecule has 0 saturated heterocycles. The first-order valence-corrected chi connectivity index (χ1v) is 17.2. The molecule has 0 N–H and O–H groups in total. The van der Waals surface area contributed by atoms with Crippen molar-refractivity contribution in [3.63, 3.8) is 0 Å². The molecule has 1 aliphatic rings. The first kappa shape index (κ1) is 25.8. The van der Waals surface area contributed by atoms with Crippen LogP contribution in [0.15, 0.2) is 30.3 Å². The summed E-state index contributed by atoms with van der Waals surface area (Å²) in [6.45, 7) is 18.1. The van der Waals surface area contributed by atoms with E-state index in [9.17, 15) is 0 Å². The van der Waals surface area contributed by atoms with Gasteiger partial charge < -0.3 is 9.80 Å². The standard InChI is InChI=1S/C25H35N2.2ClH.Zr/c1-16(2)26(17(3)4)22-9-11-24-20(14-22)13-21-15-23(10-12-25(21)24)27(18(5)6)19(7)8;;;/h9-12,14,16-19H,13H2,1-8H3;2*1H;/q-1;;;+2/p-2. The Kier molecular flexibility index (Phi) is 9.78. The molecule has 2 nitrogen and oxygen atoms in total. The Morgan fingerprint density at radius 1 is 0.767 bits per heavy atom. The van der Waals surface area contributed by atoms with E-state index in [1.807, 2.05) is 0 Å². The first-order valence-electron chi connectivity index (χ1n) is 10.8. The second-order valence-electron chi connectivity index (χ2n) is 9.01. The van der Waals surface area contributed by atoms with Gasteiger partial charge in [-0.05, 0) is 79.5 Å². The molecule has 3 rings (SSSR count). The fourth-order valence-corrected chi connectivity index (χ4v) is 4.75. The number of hydrogen-bond acceptors (Lipinski definition) is 2. The van der Waals surface area contributed by atoms with Crippen LogP contribution in [0.4, 0.5) is 11.4 Å². The number of hydrogen-bond donors (Lipinski definition) is 0. The molecule has 0 radical (unpaired) electrons. The summed E-state index contributed by atoms with van der Waals surface area (Å²) in [5.41, 5.74) is 8.06. The van der Waals surface area contributed by atoms with Crippen molar-refractivity contribution < 1.29 is 20.8 Å². The molecular weight excluding hydrogens is 490 g/mol. The van der Waals surface area contributed by atoms with Crippen LogP contribution in [0.25, 0.3) is 11.1 Å². The summed E-state index contributed by atoms with van der Waals surface area (Å²) < 4.78 is 0. The van der Waals surface area contributed by atoms with Gasteiger partial charge in [0.05, 0.1) is 0 Å². The van der Waals surface area contributed by atoms with Crippen molar-refractivity contribution in [2.45, 2.75) is 86.0 Å². The van der Waals surface area contributed by atoms with Crippen molar-refractivity contribution >= 4 is 28.4 Å². The van der Waals surface area contributed by atoms with Crippen LogP contribution in [-0.2, 0) is 27.3 Å². The van der Waals surface area contributed by atoms with E-state index in [0.717, 1.165) is 6.42 Å². The van der Waals surface area contributed by atoms with E-state index in [2.05, 4.69) is 102 Å². The Morgan fingerprint density at radius 3 is 1.77 bits per heavy atom. The Hall–Kier alpha value is -0.497. The van der Waals surface area contributed by atoms with Gasteiger partial charge in [0.2, 0.25) is 0 Å². The third kappa shape index (κ3) is 5.84. The average molecular weight is 526 g/mol. The topological polar surface area (TPSA) is 6.48 Å². The Bertz CT molecular complexity index is 750. The predicted molar refractivity (Wildman–Crippen MR) is 131 cm³/mol. The van der Waals surface area contributed by atoms with Gasteiger partial charge in [-0.2, -0.15) is 12.1 Å². The molecule has 0 fully saturated rings. The normalized spacial score (nSPS) is 12.1. The molecule has 164 valence electrons. The third-order valence-corrected chi connectivity index (χ3v) is 5.56. The molecule has 0 unspecified atom stereocenters. The molecule has 0 amide bonds. The summed E-state index contributed by atoms with van der Waals surface area (Å²) in [7, 11) is 9.87. The minimum absolute atomic E-state index is 0.473. The summed E-state index contributed by atoms with van der Waals surface area (Å²) in [6.07, 6.45) is 0.987. The van der Waals surface area contributed by atoms with E-state index >= 15 is 0 Å². The zero-order chi connectivity index (χ0) is 22.6. The van der Waals surface area contributed by atoms with Gasteiger partial charge in [-0.1, -0.05) is 17.3 Å². The van der Waals surface area contributed by atoms with E-state index in [1.165, 1.54) is 33.6 Å². The Labute approximate surface area is 202 Å². The molecule has 0 aromatic heterocycles. The van der Waals surface area contributed by atoms with Crippen molar-refractivity contribution in [2.24, 2.45) is 0 Å². The van der Waals surface area contributed by atoms with Crippen LogP contribution < -0.4 is 9.80 Å². The number of halogens is 2. The third-order valence-electron chi connectivity index (χ3n) is 5.56. The molecular formula is C25H35Cl2N2Zr-. The van der Waals surface area contributed by atoms with Gasteiger partial charge >= 0.3 is 37.9 Å². The van der Waals surface area contributed by atoms with E-state index in [0.29, 0.717) is 24.2 Å². The molecule has 0 spiro atoms. The van der Waals surface area contributed by atoms with Crippen molar-refractivity contribution in [1.29, 1.82) is 0 Å². The van der Waals surface area contributed by atoms with Gasteiger partial charge in [0.15, 0.2) is 0 Å². The van der Waals surface area contributed by atoms with Crippen LogP contribution in [0.5, 0.6) is 0 Å². The molecule has 0 atom stereocenters. The summed E-state index contributed by atoms with van der Waals surface area (Å²) >= 11 is -0.826. The van der Waals surface area contributed by atoms with Crippen molar-refractivity contribution in [3.05, 3.63) is 47.5 Å². The van der Waals surface area contributed by atoms with Gasteiger partial charge in [0, 0.05) is 29.9 Å². The van der Waals surface area contributed by atoms with Crippen LogP contribution in [0.1, 0.15) is 66.5 Å². The first-order chi connectivity index (χ1) is 14.1. The van der Waals surface area contributed by atoms with Crippen molar-refractivity contribution in [1.82, 2.24) is 0 Å². The molecule has 0 bridgehead atoms. The number of anilines is 2. The van der Waals surface area contributed by atoms with Crippen LogP contribution in [0.3, 0.4) is 0 Å². The maximum atomic E-state index is 4.93. The molecule has 0 saturated carbocycles.